The quantitative estimate of drug-likeness (QED) is 0.877. The first-order valence-corrected chi connectivity index (χ1v) is 7.59. The molecule has 5 nitrogen and oxygen atoms in total. The van der Waals surface area contributed by atoms with Crippen molar-refractivity contribution in [2.24, 2.45) is 4.40 Å². The lowest BCUT2D eigenvalue weighted by Crippen LogP contribution is -2.00. The molecular formula is C14H10ClNO4S. The highest BCUT2D eigenvalue weighted by Gasteiger charge is 2.12. The summed E-state index contributed by atoms with van der Waals surface area (Å²) in [6, 6.07) is 11.4. The number of aromatic carboxylic acids is 1. The van der Waals surface area contributed by atoms with Crippen molar-refractivity contribution in [3.63, 3.8) is 0 Å². The Bertz CT molecular complexity index is 781. The first kappa shape index (κ1) is 15.2. The minimum atomic E-state index is -3.87. The molecular weight excluding hydrogens is 314 g/mol. The van der Waals surface area contributed by atoms with Crippen LogP contribution in [0.2, 0.25) is 5.02 Å². The first-order chi connectivity index (χ1) is 9.88. The fourth-order valence-corrected chi connectivity index (χ4v) is 2.50. The Labute approximate surface area is 126 Å². The molecule has 0 aromatic heterocycles. The van der Waals surface area contributed by atoms with Gasteiger partial charge in [0.2, 0.25) is 0 Å². The molecule has 0 aliphatic heterocycles. The summed E-state index contributed by atoms with van der Waals surface area (Å²) < 4.78 is 27.5. The number of halogens is 1. The van der Waals surface area contributed by atoms with Crippen molar-refractivity contribution in [2.75, 3.05) is 0 Å². The third-order valence-corrected chi connectivity index (χ3v) is 4.11. The molecule has 21 heavy (non-hydrogen) atoms. The van der Waals surface area contributed by atoms with Crippen LogP contribution in [0.25, 0.3) is 0 Å². The molecule has 0 aliphatic rings. The highest BCUT2D eigenvalue weighted by molar-refractivity contribution is 7.90. The molecule has 2 aromatic rings. The van der Waals surface area contributed by atoms with Crippen LogP contribution in [0.15, 0.2) is 57.8 Å². The fraction of sp³-hybridized carbons (Fsp3) is 0. The summed E-state index contributed by atoms with van der Waals surface area (Å²) >= 11 is 5.73. The van der Waals surface area contributed by atoms with Gasteiger partial charge in [0.15, 0.2) is 0 Å². The van der Waals surface area contributed by atoms with Gasteiger partial charge in [-0.3, -0.25) is 0 Å². The zero-order chi connectivity index (χ0) is 15.5. The standard InChI is InChI=1S/C14H10ClNO4S/c15-12-5-1-10(2-6-12)9-16-21(19,20)13-7-3-11(4-8-13)14(17)18/h1-9H,(H,17,18)/b16-9+. The predicted octanol–water partition coefficient (Wildman–Crippen LogP) is 2.85. The van der Waals surface area contributed by atoms with Gasteiger partial charge in [-0.25, -0.2) is 4.79 Å². The maximum Gasteiger partial charge on any atom is 0.335 e. The van der Waals surface area contributed by atoms with E-state index in [4.69, 9.17) is 16.7 Å². The predicted molar refractivity (Wildman–Crippen MR) is 79.6 cm³/mol. The summed E-state index contributed by atoms with van der Waals surface area (Å²) in [5, 5.41) is 9.30. The topological polar surface area (TPSA) is 83.8 Å². The number of carboxylic acids is 1. The molecule has 0 bridgehead atoms. The van der Waals surface area contributed by atoms with Gasteiger partial charge in [0.25, 0.3) is 10.0 Å². The minimum absolute atomic E-state index is 0.00984. The van der Waals surface area contributed by atoms with Gasteiger partial charge < -0.3 is 5.11 Å². The molecule has 0 saturated heterocycles. The number of rotatable bonds is 4. The number of nitrogens with zero attached hydrogens (tertiary/aromatic N) is 1. The van der Waals surface area contributed by atoms with Gasteiger partial charge in [0, 0.05) is 11.2 Å². The van der Waals surface area contributed by atoms with Crippen LogP contribution in [0.1, 0.15) is 15.9 Å². The Morgan fingerprint density at radius 3 is 2.14 bits per heavy atom. The highest BCUT2D eigenvalue weighted by Crippen LogP contribution is 2.14. The summed E-state index contributed by atoms with van der Waals surface area (Å²) in [5.74, 6) is -1.12. The molecule has 0 amide bonds. The van der Waals surface area contributed by atoms with Crippen LogP contribution >= 0.6 is 11.6 Å². The lowest BCUT2D eigenvalue weighted by atomic mass is 10.2. The van der Waals surface area contributed by atoms with Crippen LogP contribution in [-0.4, -0.2) is 25.7 Å². The molecule has 0 saturated carbocycles. The molecule has 0 heterocycles. The van der Waals surface area contributed by atoms with Crippen molar-refractivity contribution >= 4 is 33.8 Å². The van der Waals surface area contributed by atoms with Gasteiger partial charge in [-0.05, 0) is 42.0 Å². The number of hydrogen-bond acceptors (Lipinski definition) is 3. The largest absolute Gasteiger partial charge is 0.478 e. The van der Waals surface area contributed by atoms with E-state index in [1.54, 1.807) is 24.3 Å². The molecule has 0 aliphatic carbocycles. The lowest BCUT2D eigenvalue weighted by molar-refractivity contribution is 0.0696. The number of carboxylic acid groups (broad SMARTS) is 1. The maximum absolute atomic E-state index is 12.0. The number of sulfonamides is 1. The molecule has 2 aromatic carbocycles. The molecule has 0 spiro atoms. The fourth-order valence-electron chi connectivity index (χ4n) is 1.51. The minimum Gasteiger partial charge on any atom is -0.478 e. The Kier molecular flexibility index (Phi) is 4.40. The summed E-state index contributed by atoms with van der Waals surface area (Å²) in [6.45, 7) is 0. The van der Waals surface area contributed by atoms with Crippen LogP contribution < -0.4 is 0 Å². The molecule has 0 unspecified atom stereocenters. The second-order valence-electron chi connectivity index (χ2n) is 4.09. The van der Waals surface area contributed by atoms with Gasteiger partial charge in [-0.2, -0.15) is 12.8 Å². The average molecular weight is 324 g/mol. The second-order valence-corrected chi connectivity index (χ2v) is 6.16. The molecule has 2 rings (SSSR count). The van der Waals surface area contributed by atoms with Gasteiger partial charge >= 0.3 is 5.97 Å². The van der Waals surface area contributed by atoms with Crippen LogP contribution in [0, 0.1) is 0 Å². The number of hydrogen-bond donors (Lipinski definition) is 1. The van der Waals surface area contributed by atoms with Crippen molar-refractivity contribution < 1.29 is 18.3 Å². The average Bonchev–Trinajstić information content (AvgIpc) is 2.47. The third kappa shape index (κ3) is 3.90. The van der Waals surface area contributed by atoms with Crippen molar-refractivity contribution in [1.29, 1.82) is 0 Å². The lowest BCUT2D eigenvalue weighted by Gasteiger charge is -2.00. The van der Waals surface area contributed by atoms with Gasteiger partial charge in [-0.1, -0.05) is 23.7 Å². The summed E-state index contributed by atoms with van der Waals surface area (Å²) in [6.07, 6.45) is 1.21. The Balaban J connectivity index is 2.25. The van der Waals surface area contributed by atoms with Crippen LogP contribution in [-0.2, 0) is 10.0 Å². The SMILES string of the molecule is O=C(O)c1ccc(S(=O)(=O)/N=C/c2ccc(Cl)cc2)cc1. The maximum atomic E-state index is 12.0. The van der Waals surface area contributed by atoms with E-state index < -0.39 is 16.0 Å². The number of benzene rings is 2. The zero-order valence-corrected chi connectivity index (χ0v) is 12.2. The van der Waals surface area contributed by atoms with E-state index in [0.717, 1.165) is 0 Å². The first-order valence-electron chi connectivity index (χ1n) is 5.78. The molecule has 0 fully saturated rings. The van der Waals surface area contributed by atoms with Crippen molar-refractivity contribution in [3.8, 4) is 0 Å². The van der Waals surface area contributed by atoms with Crippen LogP contribution in [0.5, 0.6) is 0 Å². The summed E-state index contributed by atoms with van der Waals surface area (Å²) in [4.78, 5) is 10.6. The summed E-state index contributed by atoms with van der Waals surface area (Å²) in [7, 11) is -3.87. The molecule has 0 radical (unpaired) electrons. The van der Waals surface area contributed by atoms with Crippen molar-refractivity contribution in [3.05, 3.63) is 64.7 Å². The molecule has 108 valence electrons. The molecule has 0 atom stereocenters. The molecule has 1 N–H and O–H groups in total. The second kappa shape index (κ2) is 6.07. The zero-order valence-electron chi connectivity index (χ0n) is 10.6. The summed E-state index contributed by atoms with van der Waals surface area (Å²) in [5.41, 5.74) is 0.598. The smallest absolute Gasteiger partial charge is 0.335 e. The van der Waals surface area contributed by atoms with Crippen molar-refractivity contribution in [2.45, 2.75) is 4.90 Å². The van der Waals surface area contributed by atoms with Gasteiger partial charge in [-0.15, -0.1) is 0 Å². The third-order valence-electron chi connectivity index (χ3n) is 2.61. The highest BCUT2D eigenvalue weighted by atomic mass is 35.5. The normalized spacial score (nSPS) is 11.7. The molecule has 7 heteroatoms. The Morgan fingerprint density at radius 2 is 1.62 bits per heavy atom. The van der Waals surface area contributed by atoms with E-state index in [9.17, 15) is 13.2 Å². The van der Waals surface area contributed by atoms with Crippen LogP contribution in [0.3, 0.4) is 0 Å². The van der Waals surface area contributed by atoms with E-state index >= 15 is 0 Å². The van der Waals surface area contributed by atoms with E-state index in [1.165, 1.54) is 30.5 Å². The van der Waals surface area contributed by atoms with E-state index in [-0.39, 0.29) is 10.5 Å². The Hall–Kier alpha value is -2.18. The van der Waals surface area contributed by atoms with E-state index in [0.29, 0.717) is 10.6 Å². The van der Waals surface area contributed by atoms with Gasteiger partial charge in [0.1, 0.15) is 0 Å². The monoisotopic (exact) mass is 323 g/mol. The van der Waals surface area contributed by atoms with E-state index in [2.05, 4.69) is 4.40 Å². The van der Waals surface area contributed by atoms with Crippen LogP contribution in [0.4, 0.5) is 0 Å². The number of carbonyl (C=O) groups is 1. The van der Waals surface area contributed by atoms with Crippen molar-refractivity contribution in [1.82, 2.24) is 0 Å². The van der Waals surface area contributed by atoms with E-state index in [1.807, 2.05) is 0 Å². The Morgan fingerprint density at radius 1 is 1.05 bits per heavy atom. The van der Waals surface area contributed by atoms with Gasteiger partial charge in [0.05, 0.1) is 10.5 Å².